The zero-order chi connectivity index (χ0) is 21.3. The van der Waals surface area contributed by atoms with Gasteiger partial charge in [0, 0.05) is 20.6 Å². The van der Waals surface area contributed by atoms with E-state index in [4.69, 9.17) is 14.2 Å². The first-order chi connectivity index (χ1) is 14.4. The number of carbonyl (C=O) groups is 2. The first-order valence-electron chi connectivity index (χ1n) is 8.84. The van der Waals surface area contributed by atoms with Gasteiger partial charge in [-0.05, 0) is 60.7 Å². The van der Waals surface area contributed by atoms with Crippen LogP contribution in [-0.2, 0) is 0 Å². The van der Waals surface area contributed by atoms with Gasteiger partial charge in [0.25, 0.3) is 0 Å². The molecule has 3 aromatic rings. The van der Waals surface area contributed by atoms with Crippen molar-refractivity contribution in [3.63, 3.8) is 0 Å². The Labute approximate surface area is 189 Å². The molecule has 30 heavy (non-hydrogen) atoms. The molecule has 0 aromatic heterocycles. The van der Waals surface area contributed by atoms with Crippen molar-refractivity contribution in [1.82, 2.24) is 0 Å². The van der Waals surface area contributed by atoms with Gasteiger partial charge in [-0.1, -0.05) is 31.9 Å². The number of hydrogen-bond acceptors (Lipinski definition) is 5. The number of methoxy groups -OCH3 is 1. The molecule has 0 aliphatic carbocycles. The molecule has 0 unspecified atom stereocenters. The van der Waals surface area contributed by atoms with Crippen molar-refractivity contribution >= 4 is 49.7 Å². The number of halogens is 2. The minimum atomic E-state index is -0.499. The maximum Gasteiger partial charge on any atom is 0.343 e. The molecule has 5 nitrogen and oxygen atoms in total. The monoisotopic (exact) mass is 528 g/mol. The maximum atomic E-state index is 12.7. The fourth-order valence-corrected chi connectivity index (χ4v) is 3.59. The minimum Gasteiger partial charge on any atom is -0.496 e. The van der Waals surface area contributed by atoms with Crippen LogP contribution in [0.15, 0.2) is 75.4 Å². The molecule has 150 valence electrons. The van der Waals surface area contributed by atoms with Crippen LogP contribution in [0.5, 0.6) is 17.2 Å². The van der Waals surface area contributed by atoms with Crippen LogP contribution in [0.2, 0.25) is 0 Å². The number of rotatable bonds is 4. The van der Waals surface area contributed by atoms with E-state index in [1.807, 2.05) is 12.1 Å². The van der Waals surface area contributed by atoms with Gasteiger partial charge in [-0.25, -0.2) is 4.79 Å². The molecule has 1 heterocycles. The van der Waals surface area contributed by atoms with Gasteiger partial charge >= 0.3 is 5.97 Å². The van der Waals surface area contributed by atoms with Crippen molar-refractivity contribution in [1.29, 1.82) is 0 Å². The molecule has 0 saturated heterocycles. The number of carbonyl (C=O) groups excluding carboxylic acids is 2. The third kappa shape index (κ3) is 4.17. The number of benzene rings is 3. The van der Waals surface area contributed by atoms with E-state index in [0.29, 0.717) is 28.2 Å². The van der Waals surface area contributed by atoms with E-state index in [2.05, 4.69) is 31.9 Å². The Morgan fingerprint density at radius 3 is 2.43 bits per heavy atom. The largest absolute Gasteiger partial charge is 0.496 e. The topological polar surface area (TPSA) is 61.8 Å². The molecule has 1 aliphatic rings. The second-order valence-corrected chi connectivity index (χ2v) is 8.21. The highest BCUT2D eigenvalue weighted by atomic mass is 79.9. The molecule has 0 saturated carbocycles. The van der Waals surface area contributed by atoms with E-state index in [1.165, 1.54) is 6.07 Å². The fraction of sp³-hybridized carbons (Fsp3) is 0.0435. The van der Waals surface area contributed by atoms with Gasteiger partial charge in [0.1, 0.15) is 17.2 Å². The zero-order valence-corrected chi connectivity index (χ0v) is 18.8. The second-order valence-electron chi connectivity index (χ2n) is 6.38. The Bertz CT molecular complexity index is 1180. The van der Waals surface area contributed by atoms with Crippen molar-refractivity contribution in [2.75, 3.05) is 7.11 Å². The zero-order valence-electron chi connectivity index (χ0n) is 15.6. The van der Waals surface area contributed by atoms with Gasteiger partial charge in [-0.15, -0.1) is 0 Å². The van der Waals surface area contributed by atoms with Crippen LogP contribution in [0.1, 0.15) is 26.3 Å². The Hall–Kier alpha value is -2.90. The van der Waals surface area contributed by atoms with Gasteiger partial charge in [-0.3, -0.25) is 4.79 Å². The van der Waals surface area contributed by atoms with Crippen molar-refractivity contribution in [2.24, 2.45) is 0 Å². The predicted octanol–water partition coefficient (Wildman–Crippen LogP) is 6.06. The van der Waals surface area contributed by atoms with Gasteiger partial charge < -0.3 is 14.2 Å². The second kappa shape index (κ2) is 8.45. The molecule has 0 fully saturated rings. The van der Waals surface area contributed by atoms with Crippen LogP contribution >= 0.6 is 31.9 Å². The quantitative estimate of drug-likeness (QED) is 0.234. The Kier molecular flexibility index (Phi) is 5.74. The molecule has 3 aromatic carbocycles. The molecular formula is C23H14Br2O5. The standard InChI is InChI=1S/C23H14Br2O5/c1-28-19-9-6-16(25)10-14(19)11-21-22(26)18-8-7-17(12-20(18)30-21)29-23(27)13-2-4-15(24)5-3-13/h2-12H,1H3/b21-11-. The smallest absolute Gasteiger partial charge is 0.343 e. The number of hydrogen-bond donors (Lipinski definition) is 0. The highest BCUT2D eigenvalue weighted by Crippen LogP contribution is 2.36. The lowest BCUT2D eigenvalue weighted by Crippen LogP contribution is -2.08. The molecule has 0 spiro atoms. The summed E-state index contributed by atoms with van der Waals surface area (Å²) in [5.41, 5.74) is 1.52. The molecule has 0 radical (unpaired) electrons. The summed E-state index contributed by atoms with van der Waals surface area (Å²) in [7, 11) is 1.56. The normalized spacial score (nSPS) is 13.7. The minimum absolute atomic E-state index is 0.165. The van der Waals surface area contributed by atoms with E-state index in [1.54, 1.807) is 55.7 Å². The molecule has 0 bridgehead atoms. The summed E-state index contributed by atoms with van der Waals surface area (Å²) >= 11 is 6.74. The fourth-order valence-electron chi connectivity index (χ4n) is 2.94. The Balaban J connectivity index is 1.58. The van der Waals surface area contributed by atoms with Crippen LogP contribution in [0.25, 0.3) is 6.08 Å². The summed E-state index contributed by atoms with van der Waals surface area (Å²) in [4.78, 5) is 25.0. The van der Waals surface area contributed by atoms with E-state index < -0.39 is 5.97 Å². The van der Waals surface area contributed by atoms with Gasteiger partial charge in [0.05, 0.1) is 18.2 Å². The maximum absolute atomic E-state index is 12.7. The molecule has 0 atom stereocenters. The molecule has 0 amide bonds. The first kappa shape index (κ1) is 20.4. The van der Waals surface area contributed by atoms with Crippen LogP contribution in [0.3, 0.4) is 0 Å². The first-order valence-corrected chi connectivity index (χ1v) is 10.4. The van der Waals surface area contributed by atoms with Crippen LogP contribution in [0, 0.1) is 0 Å². The third-order valence-electron chi connectivity index (χ3n) is 4.41. The van der Waals surface area contributed by atoms with E-state index in [9.17, 15) is 9.59 Å². The summed E-state index contributed by atoms with van der Waals surface area (Å²) in [6, 6.07) is 17.0. The number of Topliss-reactive ketones (excluding diaryl/α,β-unsaturated/α-hetero) is 1. The average molecular weight is 530 g/mol. The summed E-state index contributed by atoms with van der Waals surface area (Å²) < 4.78 is 18.2. The number of ketones is 1. The van der Waals surface area contributed by atoms with E-state index in [0.717, 1.165) is 8.95 Å². The number of esters is 1. The van der Waals surface area contributed by atoms with Crippen molar-refractivity contribution < 1.29 is 23.8 Å². The highest BCUT2D eigenvalue weighted by Gasteiger charge is 2.28. The van der Waals surface area contributed by atoms with Crippen LogP contribution in [-0.4, -0.2) is 18.9 Å². The van der Waals surface area contributed by atoms with Crippen molar-refractivity contribution in [2.45, 2.75) is 0 Å². The van der Waals surface area contributed by atoms with Crippen molar-refractivity contribution in [3.05, 3.63) is 92.1 Å². The number of allylic oxidation sites excluding steroid dienone is 1. The van der Waals surface area contributed by atoms with E-state index >= 15 is 0 Å². The summed E-state index contributed by atoms with van der Waals surface area (Å²) in [6.07, 6.45) is 1.62. The SMILES string of the molecule is COc1ccc(Br)cc1/C=C1\Oc2cc(OC(=O)c3ccc(Br)cc3)ccc2C1=O. The molecule has 4 rings (SSSR count). The van der Waals surface area contributed by atoms with Crippen molar-refractivity contribution in [3.8, 4) is 17.2 Å². The Morgan fingerprint density at radius 1 is 0.967 bits per heavy atom. The molecular weight excluding hydrogens is 516 g/mol. The van der Waals surface area contributed by atoms with E-state index in [-0.39, 0.29) is 17.3 Å². The summed E-state index contributed by atoms with van der Waals surface area (Å²) in [5, 5.41) is 0. The number of fused-ring (bicyclic) bond motifs is 1. The lowest BCUT2D eigenvalue weighted by molar-refractivity contribution is 0.0734. The average Bonchev–Trinajstić information content (AvgIpc) is 3.03. The predicted molar refractivity (Wildman–Crippen MR) is 119 cm³/mol. The van der Waals surface area contributed by atoms with Crippen LogP contribution in [0.4, 0.5) is 0 Å². The molecule has 7 heteroatoms. The molecule has 0 N–H and O–H groups in total. The third-order valence-corrected chi connectivity index (χ3v) is 5.43. The van der Waals surface area contributed by atoms with Gasteiger partial charge in [0.15, 0.2) is 5.76 Å². The summed E-state index contributed by atoms with van der Waals surface area (Å²) in [6.45, 7) is 0. The lowest BCUT2D eigenvalue weighted by atomic mass is 10.1. The summed E-state index contributed by atoms with van der Waals surface area (Å²) in [5.74, 6) is 0.649. The lowest BCUT2D eigenvalue weighted by Gasteiger charge is -2.06. The molecule has 1 aliphatic heterocycles. The van der Waals surface area contributed by atoms with Gasteiger partial charge in [0.2, 0.25) is 5.78 Å². The Morgan fingerprint density at radius 2 is 1.70 bits per heavy atom. The number of ether oxygens (including phenoxy) is 3. The van der Waals surface area contributed by atoms with Gasteiger partial charge in [-0.2, -0.15) is 0 Å². The van der Waals surface area contributed by atoms with Crippen LogP contribution < -0.4 is 14.2 Å². The highest BCUT2D eigenvalue weighted by molar-refractivity contribution is 9.10.